The molecule has 1 N–H and O–H groups in total. The molecule has 0 radical (unpaired) electrons. The predicted octanol–water partition coefficient (Wildman–Crippen LogP) is 1.07. The Labute approximate surface area is 145 Å². The maximum Gasteiger partial charge on any atom is 0.264 e. The number of aryl methyl sites for hydroxylation is 1. The minimum Gasteiger partial charge on any atom is -0.352 e. The van der Waals surface area contributed by atoms with E-state index in [0.717, 1.165) is 24.2 Å². The van der Waals surface area contributed by atoms with Crippen molar-refractivity contribution in [1.82, 2.24) is 24.6 Å². The highest BCUT2D eigenvalue weighted by atomic mass is 16.2. The van der Waals surface area contributed by atoms with Gasteiger partial charge < -0.3 is 5.32 Å². The first-order valence-electron chi connectivity index (χ1n) is 9.28. The third-order valence-corrected chi connectivity index (χ3v) is 6.81. The second-order valence-corrected chi connectivity index (χ2v) is 8.01. The fourth-order valence-corrected chi connectivity index (χ4v) is 5.82. The Morgan fingerprint density at radius 2 is 2.12 bits per heavy atom. The Bertz CT molecular complexity index is 900. The van der Waals surface area contributed by atoms with Gasteiger partial charge in [0.15, 0.2) is 5.65 Å². The number of carbonyl (C=O) groups is 1. The van der Waals surface area contributed by atoms with Crippen LogP contribution in [-0.2, 0) is 18.4 Å². The van der Waals surface area contributed by atoms with Gasteiger partial charge in [-0.05, 0) is 49.4 Å². The number of hydrogen-bond acceptors (Lipinski definition) is 4. The number of carbonyl (C=O) groups excluding carboxylic acids is 1. The summed E-state index contributed by atoms with van der Waals surface area (Å²) >= 11 is 0. The molecule has 25 heavy (non-hydrogen) atoms. The summed E-state index contributed by atoms with van der Waals surface area (Å²) in [6, 6.07) is 0.294. The molecule has 0 aromatic carbocycles. The van der Waals surface area contributed by atoms with E-state index < -0.39 is 0 Å². The van der Waals surface area contributed by atoms with Crippen molar-refractivity contribution in [3.63, 3.8) is 0 Å². The monoisotopic (exact) mass is 341 g/mol. The molecular weight excluding hydrogens is 318 g/mol. The molecule has 132 valence electrons. The van der Waals surface area contributed by atoms with Crippen LogP contribution in [0.2, 0.25) is 0 Å². The van der Waals surface area contributed by atoms with Crippen LogP contribution in [0.15, 0.2) is 17.3 Å². The van der Waals surface area contributed by atoms with E-state index in [2.05, 4.69) is 15.4 Å². The number of rotatable bonds is 3. The molecule has 0 unspecified atom stereocenters. The summed E-state index contributed by atoms with van der Waals surface area (Å²) in [5, 5.41) is 7.71. The van der Waals surface area contributed by atoms with Crippen molar-refractivity contribution in [3.8, 4) is 0 Å². The molecule has 0 saturated heterocycles. The highest BCUT2D eigenvalue weighted by molar-refractivity contribution is 5.77. The Kier molecular flexibility index (Phi) is 3.27. The molecule has 3 aliphatic rings. The molecule has 2 heterocycles. The maximum atomic E-state index is 12.5. The Hall–Kier alpha value is -2.18. The lowest BCUT2D eigenvalue weighted by Gasteiger charge is -2.32. The maximum absolute atomic E-state index is 12.5. The number of fused-ring (bicyclic) bond motifs is 6. The molecular formula is C18H23N5O2. The molecule has 0 spiro atoms. The van der Waals surface area contributed by atoms with E-state index in [1.807, 2.05) is 0 Å². The van der Waals surface area contributed by atoms with Crippen molar-refractivity contribution >= 4 is 16.9 Å². The van der Waals surface area contributed by atoms with E-state index in [0.29, 0.717) is 23.0 Å². The zero-order valence-corrected chi connectivity index (χ0v) is 14.4. The molecule has 2 bridgehead atoms. The van der Waals surface area contributed by atoms with Crippen LogP contribution in [0.5, 0.6) is 0 Å². The molecule has 5 rings (SSSR count). The second kappa shape index (κ2) is 5.41. The highest BCUT2D eigenvalue weighted by Crippen LogP contribution is 2.58. The van der Waals surface area contributed by atoms with Gasteiger partial charge in [-0.1, -0.05) is 6.42 Å². The molecule has 2 aromatic heterocycles. The average molecular weight is 341 g/mol. The summed E-state index contributed by atoms with van der Waals surface area (Å²) < 4.78 is 2.94. The van der Waals surface area contributed by atoms with E-state index >= 15 is 0 Å². The summed E-state index contributed by atoms with van der Waals surface area (Å²) in [7, 11) is 1.75. The molecule has 5 atom stereocenters. The summed E-state index contributed by atoms with van der Waals surface area (Å²) in [6.45, 7) is 0.0264. The van der Waals surface area contributed by atoms with Crippen LogP contribution >= 0.6 is 0 Å². The lowest BCUT2D eigenvalue weighted by Crippen LogP contribution is -2.44. The molecule has 1 amide bonds. The van der Waals surface area contributed by atoms with Crippen LogP contribution in [0, 0.1) is 23.7 Å². The molecule has 3 fully saturated rings. The molecule has 7 nitrogen and oxygen atoms in total. The van der Waals surface area contributed by atoms with E-state index in [1.54, 1.807) is 11.7 Å². The first kappa shape index (κ1) is 15.1. The van der Waals surface area contributed by atoms with Gasteiger partial charge in [0.2, 0.25) is 5.91 Å². The fraction of sp³-hybridized carbons (Fsp3) is 0.667. The lowest BCUT2D eigenvalue weighted by molar-refractivity contribution is -0.123. The molecule has 0 aliphatic heterocycles. The van der Waals surface area contributed by atoms with Crippen LogP contribution in [-0.4, -0.2) is 31.3 Å². The van der Waals surface area contributed by atoms with Crippen LogP contribution in [0.3, 0.4) is 0 Å². The van der Waals surface area contributed by atoms with Gasteiger partial charge >= 0.3 is 0 Å². The fourth-order valence-electron chi connectivity index (χ4n) is 5.82. The number of aromatic nitrogens is 4. The normalized spacial score (nSPS) is 33.1. The number of nitrogens with one attached hydrogen (secondary N) is 1. The topological polar surface area (TPSA) is 81.8 Å². The Morgan fingerprint density at radius 3 is 3.00 bits per heavy atom. The quantitative estimate of drug-likeness (QED) is 0.905. The first-order valence-corrected chi connectivity index (χ1v) is 9.28. The largest absolute Gasteiger partial charge is 0.352 e. The van der Waals surface area contributed by atoms with Gasteiger partial charge in [-0.2, -0.15) is 5.10 Å². The summed E-state index contributed by atoms with van der Waals surface area (Å²) in [4.78, 5) is 29.2. The first-order chi connectivity index (χ1) is 12.1. The minimum absolute atomic E-state index is 0.0264. The van der Waals surface area contributed by atoms with Gasteiger partial charge in [-0.25, -0.2) is 4.98 Å². The molecule has 7 heteroatoms. The summed E-state index contributed by atoms with van der Waals surface area (Å²) in [5.41, 5.74) is 0.332. The smallest absolute Gasteiger partial charge is 0.264 e. The van der Waals surface area contributed by atoms with Crippen molar-refractivity contribution in [2.75, 3.05) is 0 Å². The summed E-state index contributed by atoms with van der Waals surface area (Å²) in [6.07, 6.45) is 9.43. The van der Waals surface area contributed by atoms with Crippen molar-refractivity contribution in [1.29, 1.82) is 0 Å². The van der Waals surface area contributed by atoms with Gasteiger partial charge in [0, 0.05) is 13.1 Å². The van der Waals surface area contributed by atoms with Crippen LogP contribution < -0.4 is 10.9 Å². The van der Waals surface area contributed by atoms with Crippen LogP contribution in [0.1, 0.15) is 32.1 Å². The summed E-state index contributed by atoms with van der Waals surface area (Å²) in [5.74, 6) is 3.11. The van der Waals surface area contributed by atoms with Crippen LogP contribution in [0.25, 0.3) is 11.0 Å². The van der Waals surface area contributed by atoms with Crippen molar-refractivity contribution in [2.24, 2.45) is 30.7 Å². The third-order valence-electron chi connectivity index (χ3n) is 6.81. The zero-order chi connectivity index (χ0) is 17.1. The SMILES string of the molecule is Cn1ncc2c(=O)n(CC(=O)N[C@@H]3C[C@H]4C[C@H]3[C@@H]3CCC[C@H]43)cnc21. The Morgan fingerprint density at radius 1 is 1.28 bits per heavy atom. The predicted molar refractivity (Wildman–Crippen MR) is 91.7 cm³/mol. The third kappa shape index (κ3) is 2.24. The van der Waals surface area contributed by atoms with E-state index in [4.69, 9.17) is 0 Å². The number of amides is 1. The van der Waals surface area contributed by atoms with Gasteiger partial charge in [0.05, 0.1) is 6.20 Å². The van der Waals surface area contributed by atoms with Gasteiger partial charge in [-0.15, -0.1) is 0 Å². The molecule has 3 aliphatic carbocycles. The average Bonchev–Trinajstić information content (AvgIpc) is 3.32. The minimum atomic E-state index is -0.211. The lowest BCUT2D eigenvalue weighted by atomic mass is 9.79. The van der Waals surface area contributed by atoms with E-state index in [-0.39, 0.29) is 18.0 Å². The van der Waals surface area contributed by atoms with Crippen molar-refractivity contribution < 1.29 is 4.79 Å². The van der Waals surface area contributed by atoms with E-state index in [9.17, 15) is 9.59 Å². The number of nitrogens with zero attached hydrogens (tertiary/aromatic N) is 4. The second-order valence-electron chi connectivity index (χ2n) is 8.01. The number of hydrogen-bond donors (Lipinski definition) is 1. The highest BCUT2D eigenvalue weighted by Gasteiger charge is 2.53. The Balaban J connectivity index is 1.30. The van der Waals surface area contributed by atoms with Crippen molar-refractivity contribution in [2.45, 2.75) is 44.7 Å². The van der Waals surface area contributed by atoms with Gasteiger partial charge in [-0.3, -0.25) is 18.8 Å². The zero-order valence-electron chi connectivity index (χ0n) is 14.4. The standard InChI is InChI=1S/C18H23N5O2/c1-22-17-14(7-20-22)18(25)23(9-19-17)8-16(24)21-15-6-10-5-13(15)12-4-2-3-11(10)12/h7,9-13,15H,2-6,8H2,1H3,(H,21,24)/t10-,11-,12-,13+,15-/m1/s1. The van der Waals surface area contributed by atoms with E-state index in [1.165, 1.54) is 42.8 Å². The van der Waals surface area contributed by atoms with Crippen molar-refractivity contribution in [3.05, 3.63) is 22.9 Å². The van der Waals surface area contributed by atoms with Gasteiger partial charge in [0.1, 0.15) is 18.3 Å². The molecule has 2 aromatic rings. The molecule has 3 saturated carbocycles. The van der Waals surface area contributed by atoms with Crippen LogP contribution in [0.4, 0.5) is 0 Å². The van der Waals surface area contributed by atoms with Gasteiger partial charge in [0.25, 0.3) is 5.56 Å².